The number of aryl methyl sites for hydroxylation is 1. The Morgan fingerprint density at radius 3 is 2.71 bits per heavy atom. The van der Waals surface area contributed by atoms with Crippen molar-refractivity contribution in [1.29, 1.82) is 0 Å². The van der Waals surface area contributed by atoms with Gasteiger partial charge in [0.05, 0.1) is 0 Å². The average molecular weight is 230 g/mol. The zero-order valence-electron chi connectivity index (χ0n) is 9.86. The molecule has 0 fully saturated rings. The van der Waals surface area contributed by atoms with Gasteiger partial charge in [-0.3, -0.25) is 4.79 Å². The first-order chi connectivity index (χ1) is 8.08. The van der Waals surface area contributed by atoms with Gasteiger partial charge in [-0.2, -0.15) is 0 Å². The van der Waals surface area contributed by atoms with Crippen LogP contribution in [0.4, 0.5) is 0 Å². The van der Waals surface area contributed by atoms with Gasteiger partial charge in [0.15, 0.2) is 0 Å². The molecule has 1 aromatic carbocycles. The maximum Gasteiger partial charge on any atom is 0.311 e. The minimum absolute atomic E-state index is 0.0785. The van der Waals surface area contributed by atoms with Gasteiger partial charge < -0.3 is 9.52 Å². The third-order valence-corrected chi connectivity index (χ3v) is 2.86. The van der Waals surface area contributed by atoms with E-state index in [1.165, 1.54) is 5.56 Å². The van der Waals surface area contributed by atoms with E-state index in [1.807, 2.05) is 38.1 Å². The average Bonchev–Trinajstić information content (AvgIpc) is 2.69. The summed E-state index contributed by atoms with van der Waals surface area (Å²) in [7, 11) is 0. The highest BCUT2D eigenvalue weighted by Gasteiger charge is 2.10. The van der Waals surface area contributed by atoms with Crippen LogP contribution in [0.5, 0.6) is 0 Å². The lowest BCUT2D eigenvalue weighted by molar-refractivity contribution is -0.136. The van der Waals surface area contributed by atoms with Crippen molar-refractivity contribution < 1.29 is 14.3 Å². The number of carboxylic acids is 1. The van der Waals surface area contributed by atoms with E-state index in [4.69, 9.17) is 9.52 Å². The zero-order chi connectivity index (χ0) is 12.4. The quantitative estimate of drug-likeness (QED) is 0.880. The molecule has 3 nitrogen and oxygen atoms in total. The molecular formula is C14H14O3. The monoisotopic (exact) mass is 230 g/mol. The Hall–Kier alpha value is -2.03. The van der Waals surface area contributed by atoms with Crippen LogP contribution in [0.2, 0.25) is 0 Å². The molecule has 0 radical (unpaired) electrons. The van der Waals surface area contributed by atoms with E-state index in [0.29, 0.717) is 5.76 Å². The number of benzene rings is 1. The minimum atomic E-state index is -0.883. The van der Waals surface area contributed by atoms with Crippen molar-refractivity contribution >= 4 is 5.97 Å². The second kappa shape index (κ2) is 4.45. The van der Waals surface area contributed by atoms with Crippen LogP contribution in [0, 0.1) is 13.8 Å². The molecule has 0 unspecified atom stereocenters. The highest BCUT2D eigenvalue weighted by molar-refractivity contribution is 5.70. The Kier molecular flexibility index (Phi) is 3.00. The molecule has 1 aromatic heterocycles. The normalized spacial score (nSPS) is 10.5. The van der Waals surface area contributed by atoms with E-state index < -0.39 is 5.97 Å². The van der Waals surface area contributed by atoms with Gasteiger partial charge >= 0.3 is 5.97 Å². The SMILES string of the molecule is Cc1cccc(-c2ccc(CC(=O)O)o2)c1C. The van der Waals surface area contributed by atoms with Gasteiger partial charge in [-0.05, 0) is 37.1 Å². The van der Waals surface area contributed by atoms with Crippen LogP contribution < -0.4 is 0 Å². The molecular weight excluding hydrogens is 216 g/mol. The van der Waals surface area contributed by atoms with Crippen LogP contribution in [0.15, 0.2) is 34.7 Å². The number of furan rings is 1. The molecule has 0 spiro atoms. The molecule has 0 saturated heterocycles. The summed E-state index contributed by atoms with van der Waals surface area (Å²) in [6.07, 6.45) is -0.0785. The van der Waals surface area contributed by atoms with Crippen LogP contribution in [0.25, 0.3) is 11.3 Å². The fourth-order valence-electron chi connectivity index (χ4n) is 1.78. The third-order valence-electron chi connectivity index (χ3n) is 2.86. The van der Waals surface area contributed by atoms with Gasteiger partial charge in [-0.15, -0.1) is 0 Å². The van der Waals surface area contributed by atoms with Gasteiger partial charge in [-0.25, -0.2) is 0 Å². The summed E-state index contributed by atoms with van der Waals surface area (Å²) in [5.41, 5.74) is 3.36. The molecule has 0 saturated carbocycles. The summed E-state index contributed by atoms with van der Waals surface area (Å²) in [4.78, 5) is 10.6. The molecule has 1 heterocycles. The Balaban J connectivity index is 2.37. The van der Waals surface area contributed by atoms with Gasteiger partial charge in [-0.1, -0.05) is 18.2 Å². The summed E-state index contributed by atoms with van der Waals surface area (Å²) in [6.45, 7) is 4.07. The molecule has 0 aliphatic rings. The number of aliphatic carboxylic acids is 1. The van der Waals surface area contributed by atoms with E-state index in [-0.39, 0.29) is 6.42 Å². The van der Waals surface area contributed by atoms with Crippen LogP contribution in [-0.2, 0) is 11.2 Å². The second-order valence-electron chi connectivity index (χ2n) is 4.08. The van der Waals surface area contributed by atoms with Crippen molar-refractivity contribution in [3.8, 4) is 11.3 Å². The summed E-state index contributed by atoms with van der Waals surface area (Å²) in [5.74, 6) is 0.322. The van der Waals surface area contributed by atoms with Crippen molar-refractivity contribution in [2.75, 3.05) is 0 Å². The Bertz CT molecular complexity index is 552. The molecule has 1 N–H and O–H groups in total. The van der Waals surface area contributed by atoms with Crippen molar-refractivity contribution in [1.82, 2.24) is 0 Å². The highest BCUT2D eigenvalue weighted by atomic mass is 16.4. The number of hydrogen-bond donors (Lipinski definition) is 1. The first kappa shape index (κ1) is 11.5. The molecule has 0 bridgehead atoms. The van der Waals surface area contributed by atoms with Crippen molar-refractivity contribution in [3.05, 3.63) is 47.2 Å². The molecule has 2 aromatic rings. The Morgan fingerprint density at radius 1 is 1.24 bits per heavy atom. The molecule has 17 heavy (non-hydrogen) atoms. The van der Waals surface area contributed by atoms with Gasteiger partial charge in [0.25, 0.3) is 0 Å². The van der Waals surface area contributed by atoms with E-state index in [0.717, 1.165) is 16.9 Å². The van der Waals surface area contributed by atoms with Crippen LogP contribution in [-0.4, -0.2) is 11.1 Å². The maximum atomic E-state index is 10.6. The smallest absolute Gasteiger partial charge is 0.311 e. The van der Waals surface area contributed by atoms with E-state index >= 15 is 0 Å². The first-order valence-electron chi connectivity index (χ1n) is 5.45. The standard InChI is InChI=1S/C14H14O3/c1-9-4-3-5-12(10(9)2)13-7-6-11(17-13)8-14(15)16/h3-7H,8H2,1-2H3,(H,15,16). The van der Waals surface area contributed by atoms with Crippen LogP contribution in [0.3, 0.4) is 0 Å². The van der Waals surface area contributed by atoms with Crippen LogP contribution >= 0.6 is 0 Å². The first-order valence-corrected chi connectivity index (χ1v) is 5.45. The summed E-state index contributed by atoms with van der Waals surface area (Å²) >= 11 is 0. The zero-order valence-corrected chi connectivity index (χ0v) is 9.86. The minimum Gasteiger partial charge on any atom is -0.481 e. The van der Waals surface area contributed by atoms with Crippen LogP contribution in [0.1, 0.15) is 16.9 Å². The largest absolute Gasteiger partial charge is 0.481 e. The fourth-order valence-corrected chi connectivity index (χ4v) is 1.78. The summed E-state index contributed by atoms with van der Waals surface area (Å²) in [6, 6.07) is 9.52. The Labute approximate surface area is 99.7 Å². The number of carboxylic acid groups (broad SMARTS) is 1. The molecule has 2 rings (SSSR count). The van der Waals surface area contributed by atoms with Crippen molar-refractivity contribution in [2.24, 2.45) is 0 Å². The molecule has 3 heteroatoms. The molecule has 0 atom stereocenters. The Morgan fingerprint density at radius 2 is 2.00 bits per heavy atom. The number of rotatable bonds is 3. The predicted molar refractivity (Wildman–Crippen MR) is 65.0 cm³/mol. The van der Waals surface area contributed by atoms with Gasteiger partial charge in [0.1, 0.15) is 17.9 Å². The second-order valence-corrected chi connectivity index (χ2v) is 4.08. The van der Waals surface area contributed by atoms with Crippen molar-refractivity contribution in [2.45, 2.75) is 20.3 Å². The maximum absolute atomic E-state index is 10.6. The fraction of sp³-hybridized carbons (Fsp3) is 0.214. The molecule has 0 amide bonds. The molecule has 88 valence electrons. The van der Waals surface area contributed by atoms with E-state index in [1.54, 1.807) is 6.07 Å². The summed E-state index contributed by atoms with van der Waals surface area (Å²) in [5, 5.41) is 8.69. The van der Waals surface area contributed by atoms with Crippen molar-refractivity contribution in [3.63, 3.8) is 0 Å². The predicted octanol–water partition coefficient (Wildman–Crippen LogP) is 3.19. The number of carbonyl (C=O) groups is 1. The lowest BCUT2D eigenvalue weighted by Crippen LogP contribution is -1.97. The van der Waals surface area contributed by atoms with Gasteiger partial charge in [0.2, 0.25) is 0 Å². The molecule has 0 aliphatic heterocycles. The van der Waals surface area contributed by atoms with E-state index in [2.05, 4.69) is 0 Å². The third kappa shape index (κ3) is 2.38. The highest BCUT2D eigenvalue weighted by Crippen LogP contribution is 2.27. The van der Waals surface area contributed by atoms with Gasteiger partial charge in [0, 0.05) is 5.56 Å². The summed E-state index contributed by atoms with van der Waals surface area (Å²) < 4.78 is 5.54. The topological polar surface area (TPSA) is 50.4 Å². The lowest BCUT2D eigenvalue weighted by atomic mass is 10.0. The van der Waals surface area contributed by atoms with E-state index in [9.17, 15) is 4.79 Å². The number of hydrogen-bond acceptors (Lipinski definition) is 2. The lowest BCUT2D eigenvalue weighted by Gasteiger charge is -2.05. The molecule has 0 aliphatic carbocycles.